The van der Waals surface area contributed by atoms with E-state index in [1.807, 2.05) is 0 Å². The lowest BCUT2D eigenvalue weighted by Gasteiger charge is -1.98. The van der Waals surface area contributed by atoms with E-state index >= 15 is 0 Å². The third-order valence-electron chi connectivity index (χ3n) is 2.06. The Morgan fingerprint density at radius 3 is 2.58 bits per heavy atom. The molecule has 1 nitrogen and oxygen atoms in total. The van der Waals surface area contributed by atoms with Gasteiger partial charge in [0.15, 0.2) is 0 Å². The number of aliphatic hydroxyl groups is 1. The maximum absolute atomic E-state index is 8.64. The highest BCUT2D eigenvalue weighted by Gasteiger charge is 1.88. The van der Waals surface area contributed by atoms with Crippen molar-refractivity contribution in [2.45, 2.75) is 52.4 Å². The highest BCUT2D eigenvalue weighted by molar-refractivity contribution is 4.97. The number of hydrogen-bond acceptors (Lipinski definition) is 1. The number of rotatable bonds is 7. The van der Waals surface area contributed by atoms with Crippen LogP contribution in [0.5, 0.6) is 0 Å². The van der Waals surface area contributed by atoms with Crippen molar-refractivity contribution in [3.8, 4) is 0 Å². The molecule has 1 heteroatoms. The van der Waals surface area contributed by atoms with Gasteiger partial charge in [-0.05, 0) is 26.2 Å². The van der Waals surface area contributed by atoms with Gasteiger partial charge in [-0.15, -0.1) is 0 Å². The van der Waals surface area contributed by atoms with Crippen LogP contribution in [0, 0.1) is 0 Å². The molecule has 0 aromatic rings. The SMILES string of the molecule is CCCCCCC=C(C)CCO. The Hall–Kier alpha value is -0.300. The third kappa shape index (κ3) is 7.80. The van der Waals surface area contributed by atoms with Gasteiger partial charge in [0.05, 0.1) is 0 Å². The molecule has 0 amide bonds. The second-order valence-corrected chi connectivity index (χ2v) is 3.37. The van der Waals surface area contributed by atoms with E-state index in [1.165, 1.54) is 37.7 Å². The largest absolute Gasteiger partial charge is 0.396 e. The normalized spacial score (nSPS) is 12.1. The van der Waals surface area contributed by atoms with Crippen LogP contribution in [0.25, 0.3) is 0 Å². The van der Waals surface area contributed by atoms with Gasteiger partial charge in [0.25, 0.3) is 0 Å². The van der Waals surface area contributed by atoms with Crippen LogP contribution in [-0.2, 0) is 0 Å². The van der Waals surface area contributed by atoms with Crippen LogP contribution >= 0.6 is 0 Å². The number of hydrogen-bond donors (Lipinski definition) is 1. The van der Waals surface area contributed by atoms with E-state index in [-0.39, 0.29) is 6.61 Å². The zero-order valence-electron chi connectivity index (χ0n) is 8.47. The molecular formula is C11H22O. The molecule has 0 rings (SSSR count). The van der Waals surface area contributed by atoms with Crippen molar-refractivity contribution in [2.75, 3.05) is 6.61 Å². The molecule has 0 bridgehead atoms. The predicted octanol–water partition coefficient (Wildman–Crippen LogP) is 3.29. The molecule has 12 heavy (non-hydrogen) atoms. The van der Waals surface area contributed by atoms with Gasteiger partial charge in [0, 0.05) is 6.61 Å². The van der Waals surface area contributed by atoms with Gasteiger partial charge in [0.1, 0.15) is 0 Å². The molecule has 0 aliphatic carbocycles. The minimum atomic E-state index is 0.289. The van der Waals surface area contributed by atoms with Crippen LogP contribution in [0.2, 0.25) is 0 Å². The zero-order chi connectivity index (χ0) is 9.23. The van der Waals surface area contributed by atoms with Gasteiger partial charge in [-0.1, -0.05) is 37.8 Å². The molecular weight excluding hydrogens is 148 g/mol. The Morgan fingerprint density at radius 1 is 1.25 bits per heavy atom. The maximum Gasteiger partial charge on any atom is 0.0468 e. The Kier molecular flexibility index (Phi) is 8.57. The predicted molar refractivity (Wildman–Crippen MR) is 54.2 cm³/mol. The lowest BCUT2D eigenvalue weighted by Crippen LogP contribution is -1.84. The van der Waals surface area contributed by atoms with Crippen molar-refractivity contribution in [2.24, 2.45) is 0 Å². The highest BCUT2D eigenvalue weighted by Crippen LogP contribution is 2.06. The van der Waals surface area contributed by atoms with Gasteiger partial charge in [-0.3, -0.25) is 0 Å². The Balaban J connectivity index is 3.21. The molecule has 0 aliphatic heterocycles. The lowest BCUT2D eigenvalue weighted by molar-refractivity contribution is 0.299. The Labute approximate surface area is 76.5 Å². The summed E-state index contributed by atoms with van der Waals surface area (Å²) in [7, 11) is 0. The monoisotopic (exact) mass is 170 g/mol. The van der Waals surface area contributed by atoms with E-state index in [4.69, 9.17) is 5.11 Å². The zero-order valence-corrected chi connectivity index (χ0v) is 8.47. The van der Waals surface area contributed by atoms with Crippen LogP contribution in [0.1, 0.15) is 52.4 Å². The molecule has 0 spiro atoms. The van der Waals surface area contributed by atoms with Crippen molar-refractivity contribution in [1.29, 1.82) is 0 Å². The smallest absolute Gasteiger partial charge is 0.0468 e. The van der Waals surface area contributed by atoms with E-state index in [2.05, 4.69) is 19.9 Å². The molecule has 72 valence electrons. The van der Waals surface area contributed by atoms with Crippen LogP contribution in [-0.4, -0.2) is 11.7 Å². The first-order valence-corrected chi connectivity index (χ1v) is 5.07. The number of aliphatic hydroxyl groups excluding tert-OH is 1. The summed E-state index contributed by atoms with van der Waals surface area (Å²) in [5, 5.41) is 8.64. The number of unbranched alkanes of at least 4 members (excludes halogenated alkanes) is 4. The summed E-state index contributed by atoms with van der Waals surface area (Å²) in [5.41, 5.74) is 1.33. The molecule has 1 N–H and O–H groups in total. The molecule has 0 saturated carbocycles. The summed E-state index contributed by atoms with van der Waals surface area (Å²) in [6, 6.07) is 0. The van der Waals surface area contributed by atoms with E-state index < -0.39 is 0 Å². The summed E-state index contributed by atoms with van der Waals surface area (Å²) in [6.07, 6.45) is 9.59. The first-order valence-electron chi connectivity index (χ1n) is 5.07. The van der Waals surface area contributed by atoms with Crippen LogP contribution < -0.4 is 0 Å². The van der Waals surface area contributed by atoms with Crippen molar-refractivity contribution >= 4 is 0 Å². The second kappa shape index (κ2) is 8.79. The summed E-state index contributed by atoms with van der Waals surface area (Å²) in [6.45, 7) is 4.61. The Morgan fingerprint density at radius 2 is 2.00 bits per heavy atom. The highest BCUT2D eigenvalue weighted by atomic mass is 16.2. The molecule has 0 aromatic heterocycles. The first-order chi connectivity index (χ1) is 5.81. The van der Waals surface area contributed by atoms with Crippen LogP contribution in [0.15, 0.2) is 11.6 Å². The second-order valence-electron chi connectivity index (χ2n) is 3.37. The standard InChI is InChI=1S/C11H22O/c1-3-4-5-6-7-8-11(2)9-10-12/h8,12H,3-7,9-10H2,1-2H3. The van der Waals surface area contributed by atoms with E-state index in [9.17, 15) is 0 Å². The van der Waals surface area contributed by atoms with Crippen molar-refractivity contribution < 1.29 is 5.11 Å². The fourth-order valence-electron chi connectivity index (χ4n) is 1.20. The molecule has 0 aromatic carbocycles. The quantitative estimate of drug-likeness (QED) is 0.459. The summed E-state index contributed by atoms with van der Waals surface area (Å²) >= 11 is 0. The molecule has 0 atom stereocenters. The van der Waals surface area contributed by atoms with E-state index in [0.717, 1.165) is 6.42 Å². The molecule has 0 radical (unpaired) electrons. The van der Waals surface area contributed by atoms with Crippen molar-refractivity contribution in [3.63, 3.8) is 0 Å². The third-order valence-corrected chi connectivity index (χ3v) is 2.06. The topological polar surface area (TPSA) is 20.2 Å². The lowest BCUT2D eigenvalue weighted by atomic mass is 10.1. The molecule has 0 fully saturated rings. The van der Waals surface area contributed by atoms with Gasteiger partial charge in [-0.25, -0.2) is 0 Å². The minimum Gasteiger partial charge on any atom is -0.396 e. The van der Waals surface area contributed by atoms with Gasteiger partial charge < -0.3 is 5.11 Å². The van der Waals surface area contributed by atoms with Gasteiger partial charge >= 0.3 is 0 Å². The van der Waals surface area contributed by atoms with E-state index in [0.29, 0.717) is 0 Å². The van der Waals surface area contributed by atoms with E-state index in [1.54, 1.807) is 0 Å². The fourth-order valence-corrected chi connectivity index (χ4v) is 1.20. The molecule has 0 heterocycles. The average Bonchev–Trinajstić information content (AvgIpc) is 2.05. The summed E-state index contributed by atoms with van der Waals surface area (Å²) in [5.74, 6) is 0. The fraction of sp³-hybridized carbons (Fsp3) is 0.818. The van der Waals surface area contributed by atoms with Crippen LogP contribution in [0.3, 0.4) is 0 Å². The van der Waals surface area contributed by atoms with Crippen LogP contribution in [0.4, 0.5) is 0 Å². The number of allylic oxidation sites excluding steroid dienone is 1. The Bertz CT molecular complexity index is 116. The van der Waals surface area contributed by atoms with Crippen molar-refractivity contribution in [3.05, 3.63) is 11.6 Å². The maximum atomic E-state index is 8.64. The average molecular weight is 170 g/mol. The summed E-state index contributed by atoms with van der Waals surface area (Å²) in [4.78, 5) is 0. The summed E-state index contributed by atoms with van der Waals surface area (Å²) < 4.78 is 0. The molecule has 0 saturated heterocycles. The van der Waals surface area contributed by atoms with Gasteiger partial charge in [0.2, 0.25) is 0 Å². The molecule has 0 unspecified atom stereocenters. The van der Waals surface area contributed by atoms with Crippen molar-refractivity contribution in [1.82, 2.24) is 0 Å². The minimum absolute atomic E-state index is 0.289. The first kappa shape index (κ1) is 11.7. The van der Waals surface area contributed by atoms with Gasteiger partial charge in [-0.2, -0.15) is 0 Å². The molecule has 0 aliphatic rings.